The zero-order valence-electron chi connectivity index (χ0n) is 17.7. The molecule has 31 heavy (non-hydrogen) atoms. The van der Waals surface area contributed by atoms with Crippen molar-refractivity contribution in [3.8, 4) is 0 Å². The van der Waals surface area contributed by atoms with Crippen molar-refractivity contribution in [3.05, 3.63) is 76.4 Å². The van der Waals surface area contributed by atoms with Gasteiger partial charge in [0.05, 0.1) is 19.2 Å². The predicted octanol–water partition coefficient (Wildman–Crippen LogP) is 4.10. The maximum atomic E-state index is 12.5. The molecule has 7 nitrogen and oxygen atoms in total. The van der Waals surface area contributed by atoms with E-state index in [2.05, 4.69) is 10.9 Å². The molecule has 164 valence electrons. The van der Waals surface area contributed by atoms with Crippen molar-refractivity contribution in [1.82, 2.24) is 20.8 Å². The maximum absolute atomic E-state index is 12.5. The number of fused-ring (bicyclic) bond motifs is 1. The Morgan fingerprint density at radius 3 is 2.68 bits per heavy atom. The first-order chi connectivity index (χ1) is 15.0. The van der Waals surface area contributed by atoms with E-state index >= 15 is 0 Å². The van der Waals surface area contributed by atoms with Gasteiger partial charge in [-0.3, -0.25) is 19.5 Å². The third-order valence-corrected chi connectivity index (χ3v) is 5.47. The lowest BCUT2D eigenvalue weighted by atomic mass is 10.0. The summed E-state index contributed by atoms with van der Waals surface area (Å²) in [6, 6.07) is 14.7. The number of carbonyl (C=O) groups is 2. The first-order valence-electron chi connectivity index (χ1n) is 10.2. The van der Waals surface area contributed by atoms with Crippen LogP contribution in [-0.2, 0) is 22.7 Å². The van der Waals surface area contributed by atoms with E-state index in [1.165, 1.54) is 11.9 Å². The van der Waals surface area contributed by atoms with Crippen molar-refractivity contribution in [1.29, 1.82) is 0 Å². The molecule has 3 rings (SSSR count). The number of hydroxylamine groups is 1. The molecule has 0 radical (unpaired) electrons. The van der Waals surface area contributed by atoms with Crippen molar-refractivity contribution < 1.29 is 14.4 Å². The third-order valence-electron chi connectivity index (χ3n) is 5.10. The lowest BCUT2D eigenvalue weighted by molar-refractivity contribution is -0.137. The standard InChI is InChI=1S/C23H27ClN4O3/c1-3-21(28(17(2)29)25-14-19-9-6-7-11-22(19)24)16-31-26-23(30)27-13-12-18-8-4-5-10-20(18)15-27/h4-13,21,25H,3,14-16H2,1-2H3,(H,26,30)/t21-/m0/s1. The number of nitrogens with zero attached hydrogens (tertiary/aromatic N) is 2. The van der Waals surface area contributed by atoms with Crippen LogP contribution in [0.4, 0.5) is 4.79 Å². The highest BCUT2D eigenvalue weighted by Gasteiger charge is 2.22. The van der Waals surface area contributed by atoms with Crippen LogP contribution in [0.25, 0.3) is 6.08 Å². The van der Waals surface area contributed by atoms with Gasteiger partial charge in [0.25, 0.3) is 0 Å². The molecular weight excluding hydrogens is 416 g/mol. The van der Waals surface area contributed by atoms with Crippen LogP contribution in [0.3, 0.4) is 0 Å². The molecular formula is C23H27ClN4O3. The Morgan fingerprint density at radius 2 is 1.94 bits per heavy atom. The van der Waals surface area contributed by atoms with Crippen LogP contribution in [0, 0.1) is 0 Å². The van der Waals surface area contributed by atoms with Gasteiger partial charge in [-0.25, -0.2) is 15.7 Å². The smallest absolute Gasteiger partial charge is 0.295 e. The molecule has 0 saturated heterocycles. The first kappa shape index (κ1) is 22.8. The van der Waals surface area contributed by atoms with E-state index in [4.69, 9.17) is 16.4 Å². The Morgan fingerprint density at radius 1 is 1.19 bits per heavy atom. The summed E-state index contributed by atoms with van der Waals surface area (Å²) in [4.78, 5) is 31.6. The summed E-state index contributed by atoms with van der Waals surface area (Å²) < 4.78 is 0. The molecule has 3 amide bonds. The van der Waals surface area contributed by atoms with Crippen molar-refractivity contribution in [2.24, 2.45) is 0 Å². The second kappa shape index (κ2) is 10.9. The normalized spacial score (nSPS) is 13.5. The summed E-state index contributed by atoms with van der Waals surface area (Å²) in [5, 5.41) is 2.15. The third kappa shape index (κ3) is 6.07. The zero-order valence-corrected chi connectivity index (χ0v) is 18.4. The van der Waals surface area contributed by atoms with Gasteiger partial charge in [0.15, 0.2) is 0 Å². The van der Waals surface area contributed by atoms with Gasteiger partial charge in [-0.15, -0.1) is 0 Å². The van der Waals surface area contributed by atoms with Gasteiger partial charge in [0.2, 0.25) is 5.91 Å². The SMILES string of the molecule is CC[C@@H](CONC(=O)N1C=Cc2ccccc2C1)N(NCc1ccccc1Cl)C(C)=O. The number of rotatable bonds is 8. The van der Waals surface area contributed by atoms with Gasteiger partial charge in [-0.05, 0) is 35.3 Å². The van der Waals surface area contributed by atoms with Crippen LogP contribution in [-0.4, -0.2) is 34.5 Å². The average Bonchev–Trinajstić information content (AvgIpc) is 2.78. The van der Waals surface area contributed by atoms with E-state index in [0.29, 0.717) is 24.5 Å². The number of benzene rings is 2. The number of hydrazine groups is 1. The molecule has 0 aromatic heterocycles. The molecule has 8 heteroatoms. The zero-order chi connectivity index (χ0) is 22.2. The Balaban J connectivity index is 1.51. The van der Waals surface area contributed by atoms with E-state index in [1.54, 1.807) is 17.2 Å². The number of halogens is 1. The minimum absolute atomic E-state index is 0.144. The van der Waals surface area contributed by atoms with Gasteiger partial charge in [-0.1, -0.05) is 61.0 Å². The molecule has 0 bridgehead atoms. The molecule has 1 heterocycles. The summed E-state index contributed by atoms with van der Waals surface area (Å²) in [5.41, 5.74) is 8.65. The van der Waals surface area contributed by atoms with E-state index < -0.39 is 0 Å². The second-order valence-electron chi connectivity index (χ2n) is 7.24. The largest absolute Gasteiger partial charge is 0.345 e. The summed E-state index contributed by atoms with van der Waals surface area (Å²) in [6.07, 6.45) is 4.26. The second-order valence-corrected chi connectivity index (χ2v) is 7.65. The minimum atomic E-state index is -0.362. The number of urea groups is 1. The predicted molar refractivity (Wildman–Crippen MR) is 120 cm³/mol. The highest BCUT2D eigenvalue weighted by atomic mass is 35.5. The highest BCUT2D eigenvalue weighted by molar-refractivity contribution is 6.31. The molecule has 1 aliphatic rings. The number of nitrogens with one attached hydrogen (secondary N) is 2. The van der Waals surface area contributed by atoms with E-state index in [-0.39, 0.29) is 24.6 Å². The highest BCUT2D eigenvalue weighted by Crippen LogP contribution is 2.19. The molecule has 0 fully saturated rings. The van der Waals surface area contributed by atoms with E-state index in [9.17, 15) is 9.59 Å². The summed E-state index contributed by atoms with van der Waals surface area (Å²) in [5.74, 6) is -0.149. The van der Waals surface area contributed by atoms with Crippen molar-refractivity contribution in [2.75, 3.05) is 6.61 Å². The number of carbonyl (C=O) groups excluding carboxylic acids is 2. The maximum Gasteiger partial charge on any atom is 0.345 e. The van der Waals surface area contributed by atoms with Gasteiger partial charge >= 0.3 is 6.03 Å². The molecule has 0 unspecified atom stereocenters. The number of hydrogen-bond donors (Lipinski definition) is 2. The number of amides is 3. The van der Waals surface area contributed by atoms with E-state index in [0.717, 1.165) is 16.7 Å². The fourth-order valence-electron chi connectivity index (χ4n) is 3.33. The van der Waals surface area contributed by atoms with Crippen molar-refractivity contribution in [2.45, 2.75) is 39.4 Å². The van der Waals surface area contributed by atoms with Gasteiger partial charge in [0, 0.05) is 24.7 Å². The molecule has 0 spiro atoms. The molecule has 0 saturated carbocycles. The Labute approximate surface area is 187 Å². The van der Waals surface area contributed by atoms with Crippen LogP contribution in [0.15, 0.2) is 54.7 Å². The van der Waals surface area contributed by atoms with Gasteiger partial charge < -0.3 is 0 Å². The lowest BCUT2D eigenvalue weighted by Gasteiger charge is -2.31. The summed E-state index contributed by atoms with van der Waals surface area (Å²) in [7, 11) is 0. The van der Waals surface area contributed by atoms with E-state index in [1.807, 2.05) is 55.5 Å². The monoisotopic (exact) mass is 442 g/mol. The topological polar surface area (TPSA) is 73.9 Å². The van der Waals surface area contributed by atoms with Crippen molar-refractivity contribution >= 4 is 29.6 Å². The fraction of sp³-hybridized carbons (Fsp3) is 0.304. The summed E-state index contributed by atoms with van der Waals surface area (Å²) >= 11 is 6.20. The summed E-state index contributed by atoms with van der Waals surface area (Å²) in [6.45, 7) is 4.45. The fourth-order valence-corrected chi connectivity index (χ4v) is 3.53. The molecule has 1 aliphatic heterocycles. The Kier molecular flexibility index (Phi) is 8.06. The van der Waals surface area contributed by atoms with Gasteiger partial charge in [0.1, 0.15) is 0 Å². The van der Waals surface area contributed by atoms with Crippen LogP contribution in [0.5, 0.6) is 0 Å². The quantitative estimate of drug-likeness (QED) is 0.603. The molecule has 1 atom stereocenters. The average molecular weight is 443 g/mol. The van der Waals surface area contributed by atoms with Crippen molar-refractivity contribution in [3.63, 3.8) is 0 Å². The molecule has 2 aromatic carbocycles. The van der Waals surface area contributed by atoms with Gasteiger partial charge in [-0.2, -0.15) is 0 Å². The number of hydrogen-bond acceptors (Lipinski definition) is 4. The van der Waals surface area contributed by atoms with Crippen LogP contribution in [0.2, 0.25) is 5.02 Å². The minimum Gasteiger partial charge on any atom is -0.295 e. The molecule has 2 aromatic rings. The molecule has 2 N–H and O–H groups in total. The lowest BCUT2D eigenvalue weighted by Crippen LogP contribution is -2.51. The molecule has 0 aliphatic carbocycles. The van der Waals surface area contributed by atoms with Crippen LogP contribution in [0.1, 0.15) is 37.0 Å². The Hall–Kier alpha value is -2.87. The van der Waals surface area contributed by atoms with Crippen LogP contribution >= 0.6 is 11.6 Å². The van der Waals surface area contributed by atoms with Crippen LogP contribution < -0.4 is 10.9 Å². The first-order valence-corrected chi connectivity index (χ1v) is 10.6. The Bertz CT molecular complexity index is 950.